The molecule has 1 aliphatic rings. The van der Waals surface area contributed by atoms with E-state index in [9.17, 15) is 9.59 Å². The van der Waals surface area contributed by atoms with E-state index in [2.05, 4.69) is 0 Å². The predicted molar refractivity (Wildman–Crippen MR) is 101 cm³/mol. The van der Waals surface area contributed by atoms with Gasteiger partial charge < -0.3 is 13.9 Å². The Hall–Kier alpha value is -3.08. The van der Waals surface area contributed by atoms with Gasteiger partial charge in [-0.3, -0.25) is 0 Å². The van der Waals surface area contributed by atoms with E-state index >= 15 is 0 Å². The van der Waals surface area contributed by atoms with E-state index in [1.165, 1.54) is 17.2 Å². The van der Waals surface area contributed by atoms with Crippen LogP contribution in [-0.4, -0.2) is 12.1 Å². The predicted octanol–water partition coefficient (Wildman–Crippen LogP) is 3.79. The molecule has 0 saturated heterocycles. The van der Waals surface area contributed by atoms with Crippen molar-refractivity contribution in [1.29, 1.82) is 0 Å². The maximum Gasteiger partial charge on any atom is 0.347 e. The van der Waals surface area contributed by atoms with Crippen molar-refractivity contribution in [1.82, 2.24) is 0 Å². The van der Waals surface area contributed by atoms with Crippen LogP contribution in [0, 0.1) is 0 Å². The van der Waals surface area contributed by atoms with Crippen molar-refractivity contribution in [3.63, 3.8) is 0 Å². The molecule has 1 aromatic heterocycles. The summed E-state index contributed by atoms with van der Waals surface area (Å²) in [7, 11) is 0. The lowest BCUT2D eigenvalue weighted by molar-refractivity contribution is -0.152. The van der Waals surface area contributed by atoms with Gasteiger partial charge in [-0.05, 0) is 61.6 Å². The van der Waals surface area contributed by atoms with Gasteiger partial charge in [0.2, 0.25) is 0 Å². The highest BCUT2D eigenvalue weighted by Crippen LogP contribution is 2.28. The van der Waals surface area contributed by atoms with Gasteiger partial charge in [-0.15, -0.1) is 0 Å². The molecular formula is C22H20O5. The molecule has 4 rings (SSSR count). The molecule has 0 radical (unpaired) electrons. The number of hydrogen-bond acceptors (Lipinski definition) is 5. The van der Waals surface area contributed by atoms with Gasteiger partial charge >= 0.3 is 11.6 Å². The molecule has 0 saturated carbocycles. The third kappa shape index (κ3) is 3.72. The van der Waals surface area contributed by atoms with E-state index < -0.39 is 17.7 Å². The fraction of sp³-hybridized carbons (Fsp3) is 0.273. The first-order valence-electron chi connectivity index (χ1n) is 9.07. The lowest BCUT2D eigenvalue weighted by atomic mass is 10.0. The standard InChI is InChI=1S/C22H20O5/c1-14(26-18-8-3-2-4-9-18)22(24)25-13-17-12-21(23)27-20-11-16-7-5-6-15(16)10-19(17)20/h2-4,8-12,14H,5-7,13H2,1H3/t14-/m0/s1. The molecule has 0 fully saturated rings. The minimum Gasteiger partial charge on any atom is -0.479 e. The van der Waals surface area contributed by atoms with E-state index in [1.807, 2.05) is 30.3 Å². The molecule has 0 bridgehead atoms. The highest BCUT2D eigenvalue weighted by atomic mass is 16.6. The highest BCUT2D eigenvalue weighted by Gasteiger charge is 2.19. The topological polar surface area (TPSA) is 65.7 Å². The molecule has 2 aromatic carbocycles. The molecule has 1 heterocycles. The molecule has 0 spiro atoms. The van der Waals surface area contributed by atoms with Crippen LogP contribution in [0.15, 0.2) is 57.7 Å². The first kappa shape index (κ1) is 17.3. The summed E-state index contributed by atoms with van der Waals surface area (Å²) in [6.07, 6.45) is 2.38. The molecule has 3 aromatic rings. The number of aryl methyl sites for hydroxylation is 2. The second-order valence-corrected chi connectivity index (χ2v) is 6.74. The summed E-state index contributed by atoms with van der Waals surface area (Å²) < 4.78 is 16.3. The average Bonchev–Trinajstić information content (AvgIpc) is 3.12. The monoisotopic (exact) mass is 364 g/mol. The summed E-state index contributed by atoms with van der Waals surface area (Å²) in [6.45, 7) is 1.64. The fourth-order valence-corrected chi connectivity index (χ4v) is 3.43. The minimum atomic E-state index is -0.747. The van der Waals surface area contributed by atoms with Crippen LogP contribution in [0.1, 0.15) is 30.0 Å². The first-order chi connectivity index (χ1) is 13.1. The van der Waals surface area contributed by atoms with Crippen molar-refractivity contribution in [2.24, 2.45) is 0 Å². The smallest absolute Gasteiger partial charge is 0.347 e. The fourth-order valence-electron chi connectivity index (χ4n) is 3.43. The van der Waals surface area contributed by atoms with Gasteiger partial charge in [0.1, 0.15) is 17.9 Å². The summed E-state index contributed by atoms with van der Waals surface area (Å²) in [4.78, 5) is 24.2. The molecule has 0 unspecified atom stereocenters. The molecule has 138 valence electrons. The third-order valence-electron chi connectivity index (χ3n) is 4.80. The van der Waals surface area contributed by atoms with Crippen molar-refractivity contribution >= 4 is 16.9 Å². The van der Waals surface area contributed by atoms with Crippen molar-refractivity contribution in [3.05, 3.63) is 75.6 Å². The van der Waals surface area contributed by atoms with Gasteiger partial charge in [-0.2, -0.15) is 0 Å². The van der Waals surface area contributed by atoms with Crippen LogP contribution < -0.4 is 10.4 Å². The van der Waals surface area contributed by atoms with Crippen molar-refractivity contribution in [2.45, 2.75) is 38.9 Å². The summed E-state index contributed by atoms with van der Waals surface area (Å²) in [5.74, 6) is 0.115. The Morgan fingerprint density at radius 1 is 1.11 bits per heavy atom. The molecule has 0 aliphatic heterocycles. The zero-order valence-electron chi connectivity index (χ0n) is 15.1. The number of esters is 1. The molecular weight excluding hydrogens is 344 g/mol. The number of para-hydroxylation sites is 1. The van der Waals surface area contributed by atoms with Crippen LogP contribution in [0.2, 0.25) is 0 Å². The number of hydrogen-bond donors (Lipinski definition) is 0. The quantitative estimate of drug-likeness (QED) is 0.509. The molecule has 5 nitrogen and oxygen atoms in total. The van der Waals surface area contributed by atoms with E-state index in [1.54, 1.807) is 19.1 Å². The highest BCUT2D eigenvalue weighted by molar-refractivity contribution is 5.82. The van der Waals surface area contributed by atoms with Gasteiger partial charge in [-0.1, -0.05) is 18.2 Å². The van der Waals surface area contributed by atoms with Crippen molar-refractivity contribution in [3.8, 4) is 5.75 Å². The summed E-state index contributed by atoms with van der Waals surface area (Å²) in [6, 6.07) is 14.5. The van der Waals surface area contributed by atoms with Gasteiger partial charge in [0.15, 0.2) is 6.10 Å². The summed E-state index contributed by atoms with van der Waals surface area (Å²) in [5.41, 5.74) is 3.24. The lowest BCUT2D eigenvalue weighted by Crippen LogP contribution is -2.26. The second-order valence-electron chi connectivity index (χ2n) is 6.74. The lowest BCUT2D eigenvalue weighted by Gasteiger charge is -2.14. The summed E-state index contributed by atoms with van der Waals surface area (Å²) >= 11 is 0. The minimum absolute atomic E-state index is 0.00219. The van der Waals surface area contributed by atoms with Gasteiger partial charge in [-0.25, -0.2) is 9.59 Å². The van der Waals surface area contributed by atoms with Gasteiger partial charge in [0.05, 0.1) is 0 Å². The number of benzene rings is 2. The zero-order chi connectivity index (χ0) is 18.8. The Morgan fingerprint density at radius 2 is 1.85 bits per heavy atom. The van der Waals surface area contributed by atoms with Crippen LogP contribution in [-0.2, 0) is 29.0 Å². The largest absolute Gasteiger partial charge is 0.479 e. The van der Waals surface area contributed by atoms with Crippen LogP contribution in [0.4, 0.5) is 0 Å². The second kappa shape index (κ2) is 7.27. The Morgan fingerprint density at radius 3 is 2.63 bits per heavy atom. The molecule has 0 amide bonds. The maximum atomic E-state index is 12.3. The summed E-state index contributed by atoms with van der Waals surface area (Å²) in [5, 5.41) is 0.819. The normalized spacial score (nSPS) is 14.0. The Balaban J connectivity index is 1.51. The van der Waals surface area contributed by atoms with Crippen LogP contribution in [0.5, 0.6) is 5.75 Å². The van der Waals surface area contributed by atoms with E-state index in [-0.39, 0.29) is 6.61 Å². The Labute approximate surface area is 156 Å². The van der Waals surface area contributed by atoms with Crippen LogP contribution >= 0.6 is 0 Å². The third-order valence-corrected chi connectivity index (χ3v) is 4.80. The van der Waals surface area contributed by atoms with E-state index in [4.69, 9.17) is 13.9 Å². The Bertz CT molecular complexity index is 1040. The number of rotatable bonds is 5. The number of carbonyl (C=O) groups is 1. The van der Waals surface area contributed by atoms with Gasteiger partial charge in [0, 0.05) is 17.0 Å². The molecule has 1 aliphatic carbocycles. The maximum absolute atomic E-state index is 12.3. The number of ether oxygens (including phenoxy) is 2. The van der Waals surface area contributed by atoms with Crippen LogP contribution in [0.25, 0.3) is 11.0 Å². The Kier molecular flexibility index (Phi) is 4.67. The van der Waals surface area contributed by atoms with Crippen molar-refractivity contribution in [2.75, 3.05) is 0 Å². The van der Waals surface area contributed by atoms with Gasteiger partial charge in [0.25, 0.3) is 0 Å². The van der Waals surface area contributed by atoms with E-state index in [0.717, 1.165) is 24.6 Å². The zero-order valence-corrected chi connectivity index (χ0v) is 15.1. The SMILES string of the molecule is C[C@H](Oc1ccccc1)C(=O)OCc1cc(=O)oc2cc3c(cc12)CCC3. The molecule has 1 atom stereocenters. The molecule has 27 heavy (non-hydrogen) atoms. The van der Waals surface area contributed by atoms with Crippen LogP contribution in [0.3, 0.4) is 0 Å². The number of fused-ring (bicyclic) bond motifs is 2. The van der Waals surface area contributed by atoms with Crippen molar-refractivity contribution < 1.29 is 18.7 Å². The van der Waals surface area contributed by atoms with E-state index in [0.29, 0.717) is 16.9 Å². The molecule has 5 heteroatoms. The average molecular weight is 364 g/mol. The number of carbonyl (C=O) groups excluding carboxylic acids is 1. The first-order valence-corrected chi connectivity index (χ1v) is 9.07. The molecule has 0 N–H and O–H groups in total.